The maximum Gasteiger partial charge on any atom is 0.310 e. The quantitative estimate of drug-likeness (QED) is 0.585. The zero-order valence-corrected chi connectivity index (χ0v) is 14.9. The van der Waals surface area contributed by atoms with E-state index in [0.717, 1.165) is 19.3 Å². The van der Waals surface area contributed by atoms with E-state index in [9.17, 15) is 14.0 Å². The molecule has 0 saturated carbocycles. The summed E-state index contributed by atoms with van der Waals surface area (Å²) < 4.78 is 23.8. The normalized spacial score (nSPS) is 13.8. The molecule has 2 aromatic carbocycles. The third-order valence-electron chi connectivity index (χ3n) is 4.63. The number of halogens is 1. The zero-order chi connectivity index (χ0) is 18.7. The number of hydrogen-bond donors (Lipinski definition) is 0. The fraction of sp³-hybridized carbons (Fsp3) is 0.333. The van der Waals surface area contributed by atoms with Gasteiger partial charge in [0.25, 0.3) is 0 Å². The van der Waals surface area contributed by atoms with Crippen LogP contribution in [-0.4, -0.2) is 25.0 Å². The van der Waals surface area contributed by atoms with Crippen LogP contribution in [0.4, 0.5) is 4.39 Å². The van der Waals surface area contributed by atoms with E-state index in [4.69, 9.17) is 9.47 Å². The Kier molecular flexibility index (Phi) is 5.35. The first-order chi connectivity index (χ1) is 12.5. The molecule has 0 unspecified atom stereocenters. The third-order valence-corrected chi connectivity index (χ3v) is 4.63. The summed E-state index contributed by atoms with van der Waals surface area (Å²) in [6.45, 7) is 1.56. The van der Waals surface area contributed by atoms with Crippen molar-refractivity contribution >= 4 is 11.8 Å². The molecule has 0 fully saturated rings. The fourth-order valence-corrected chi connectivity index (χ4v) is 3.24. The van der Waals surface area contributed by atoms with Crippen molar-refractivity contribution in [2.24, 2.45) is 0 Å². The number of rotatable bonds is 6. The van der Waals surface area contributed by atoms with Gasteiger partial charge in [0.1, 0.15) is 0 Å². The lowest BCUT2D eigenvalue weighted by Gasteiger charge is -2.13. The van der Waals surface area contributed by atoms with Gasteiger partial charge in [-0.15, -0.1) is 0 Å². The highest BCUT2D eigenvalue weighted by molar-refractivity contribution is 6.00. The molecular weight excluding hydrogens is 335 g/mol. The highest BCUT2D eigenvalue weighted by atomic mass is 19.1. The third kappa shape index (κ3) is 3.93. The Balaban J connectivity index is 1.61. The summed E-state index contributed by atoms with van der Waals surface area (Å²) in [7, 11) is 1.37. The summed E-state index contributed by atoms with van der Waals surface area (Å²) >= 11 is 0. The van der Waals surface area contributed by atoms with Crippen molar-refractivity contribution in [3.05, 3.63) is 64.5 Å². The number of ketones is 1. The van der Waals surface area contributed by atoms with Gasteiger partial charge in [-0.25, -0.2) is 4.39 Å². The number of fused-ring (bicyclic) bond motifs is 1. The van der Waals surface area contributed by atoms with Gasteiger partial charge in [-0.3, -0.25) is 9.59 Å². The van der Waals surface area contributed by atoms with Crippen LogP contribution in [0.1, 0.15) is 40.4 Å². The topological polar surface area (TPSA) is 52.6 Å². The average Bonchev–Trinajstić information content (AvgIpc) is 3.08. The molecule has 0 N–H and O–H groups in total. The number of carbonyl (C=O) groups excluding carboxylic acids is 2. The van der Waals surface area contributed by atoms with Gasteiger partial charge in [0.2, 0.25) is 5.78 Å². The van der Waals surface area contributed by atoms with Gasteiger partial charge in [0.15, 0.2) is 17.7 Å². The molecule has 0 saturated heterocycles. The standard InChI is InChI=1S/C21H21FO4/c1-13(21(24)17-8-7-15-4-3-5-16(15)12-17)26-20(23)11-14-6-9-19(25-2)18(22)10-14/h6-10,12-13H,3-5,11H2,1-2H3/t13-/m1/s1. The van der Waals surface area contributed by atoms with E-state index in [1.54, 1.807) is 19.1 Å². The molecular formula is C21H21FO4. The molecule has 0 heterocycles. The summed E-state index contributed by atoms with van der Waals surface area (Å²) in [5.41, 5.74) is 3.50. The Bertz CT molecular complexity index is 844. The van der Waals surface area contributed by atoms with E-state index in [-0.39, 0.29) is 18.0 Å². The first-order valence-corrected chi connectivity index (χ1v) is 8.66. The molecule has 3 rings (SSSR count). The molecule has 0 radical (unpaired) electrons. The second-order valence-electron chi connectivity index (χ2n) is 6.48. The Morgan fingerprint density at radius 2 is 1.88 bits per heavy atom. The number of methoxy groups -OCH3 is 1. The van der Waals surface area contributed by atoms with Gasteiger partial charge >= 0.3 is 5.97 Å². The van der Waals surface area contributed by atoms with Crippen molar-refractivity contribution in [3.63, 3.8) is 0 Å². The van der Waals surface area contributed by atoms with E-state index in [0.29, 0.717) is 11.1 Å². The molecule has 0 aliphatic heterocycles. The van der Waals surface area contributed by atoms with Gasteiger partial charge < -0.3 is 9.47 Å². The maximum absolute atomic E-state index is 13.7. The molecule has 5 heteroatoms. The van der Waals surface area contributed by atoms with Crippen LogP contribution in [0.2, 0.25) is 0 Å². The van der Waals surface area contributed by atoms with Crippen LogP contribution in [0.25, 0.3) is 0 Å². The molecule has 26 heavy (non-hydrogen) atoms. The van der Waals surface area contributed by atoms with Crippen LogP contribution in [-0.2, 0) is 28.8 Å². The van der Waals surface area contributed by atoms with Crippen LogP contribution in [0.15, 0.2) is 36.4 Å². The average molecular weight is 356 g/mol. The fourth-order valence-electron chi connectivity index (χ4n) is 3.24. The minimum absolute atomic E-state index is 0.108. The summed E-state index contributed by atoms with van der Waals surface area (Å²) in [5, 5.41) is 0. The minimum atomic E-state index is -0.884. The Labute approximate surface area is 151 Å². The summed E-state index contributed by atoms with van der Waals surface area (Å²) in [5.74, 6) is -1.23. The molecule has 0 bridgehead atoms. The molecule has 136 valence electrons. The largest absolute Gasteiger partial charge is 0.494 e. The van der Waals surface area contributed by atoms with E-state index < -0.39 is 17.9 Å². The van der Waals surface area contributed by atoms with Crippen molar-refractivity contribution in [2.75, 3.05) is 7.11 Å². The first kappa shape index (κ1) is 18.1. The van der Waals surface area contributed by atoms with Crippen molar-refractivity contribution in [2.45, 2.75) is 38.7 Å². The first-order valence-electron chi connectivity index (χ1n) is 8.66. The number of Topliss-reactive ketones (excluding diaryl/α,β-unsaturated/α-hetero) is 1. The monoisotopic (exact) mass is 356 g/mol. The van der Waals surface area contributed by atoms with Crippen LogP contribution in [0.5, 0.6) is 5.75 Å². The van der Waals surface area contributed by atoms with Gasteiger partial charge in [-0.2, -0.15) is 0 Å². The Hall–Kier alpha value is -2.69. The predicted octanol–water partition coefficient (Wildman–Crippen LogP) is 3.68. The molecule has 0 amide bonds. The van der Waals surface area contributed by atoms with Gasteiger partial charge in [-0.05, 0) is 61.1 Å². The van der Waals surface area contributed by atoms with Crippen LogP contribution in [0, 0.1) is 5.82 Å². The lowest BCUT2D eigenvalue weighted by molar-refractivity contribution is -0.145. The minimum Gasteiger partial charge on any atom is -0.494 e. The van der Waals surface area contributed by atoms with Crippen LogP contribution < -0.4 is 4.74 Å². The molecule has 4 nitrogen and oxygen atoms in total. The second kappa shape index (κ2) is 7.68. The van der Waals surface area contributed by atoms with E-state index >= 15 is 0 Å². The number of carbonyl (C=O) groups is 2. The van der Waals surface area contributed by atoms with E-state index in [1.807, 2.05) is 12.1 Å². The SMILES string of the molecule is COc1ccc(CC(=O)O[C@H](C)C(=O)c2ccc3c(c2)CCC3)cc1F. The number of esters is 1. The summed E-state index contributed by atoms with van der Waals surface area (Å²) in [6, 6.07) is 9.94. The van der Waals surface area contributed by atoms with Gasteiger partial charge in [0, 0.05) is 5.56 Å². The number of hydrogen-bond acceptors (Lipinski definition) is 4. The van der Waals surface area contributed by atoms with E-state index in [1.165, 1.54) is 30.4 Å². The van der Waals surface area contributed by atoms with Crippen molar-refractivity contribution in [1.82, 2.24) is 0 Å². The zero-order valence-electron chi connectivity index (χ0n) is 14.9. The highest BCUT2D eigenvalue weighted by Gasteiger charge is 2.22. The molecule has 2 aromatic rings. The molecule has 0 aromatic heterocycles. The highest BCUT2D eigenvalue weighted by Crippen LogP contribution is 2.24. The van der Waals surface area contributed by atoms with Gasteiger partial charge in [-0.1, -0.05) is 18.2 Å². The molecule has 1 aliphatic carbocycles. The van der Waals surface area contributed by atoms with Crippen LogP contribution >= 0.6 is 0 Å². The van der Waals surface area contributed by atoms with Crippen molar-refractivity contribution in [1.29, 1.82) is 0 Å². The molecule has 1 atom stereocenters. The van der Waals surface area contributed by atoms with Crippen LogP contribution in [0.3, 0.4) is 0 Å². The number of benzene rings is 2. The lowest BCUT2D eigenvalue weighted by Crippen LogP contribution is -2.25. The summed E-state index contributed by atoms with van der Waals surface area (Å²) in [6.07, 6.45) is 2.14. The number of aryl methyl sites for hydroxylation is 2. The van der Waals surface area contributed by atoms with Gasteiger partial charge in [0.05, 0.1) is 13.5 Å². The Morgan fingerprint density at radius 3 is 2.62 bits per heavy atom. The molecule has 1 aliphatic rings. The van der Waals surface area contributed by atoms with Crippen molar-refractivity contribution in [3.8, 4) is 5.75 Å². The smallest absolute Gasteiger partial charge is 0.310 e. The predicted molar refractivity (Wildman–Crippen MR) is 95.0 cm³/mol. The summed E-state index contributed by atoms with van der Waals surface area (Å²) in [4.78, 5) is 24.6. The lowest BCUT2D eigenvalue weighted by atomic mass is 10.0. The Morgan fingerprint density at radius 1 is 1.12 bits per heavy atom. The maximum atomic E-state index is 13.7. The van der Waals surface area contributed by atoms with Crippen molar-refractivity contribution < 1.29 is 23.5 Å². The van der Waals surface area contributed by atoms with E-state index in [2.05, 4.69) is 0 Å². The number of ether oxygens (including phenoxy) is 2. The molecule has 0 spiro atoms. The second-order valence-corrected chi connectivity index (χ2v) is 6.48.